The summed E-state index contributed by atoms with van der Waals surface area (Å²) in [5, 5.41) is 6.23. The summed E-state index contributed by atoms with van der Waals surface area (Å²) in [5.41, 5.74) is 2.86. The molecule has 0 aliphatic carbocycles. The number of hydrogen-bond acceptors (Lipinski definition) is 5. The zero-order chi connectivity index (χ0) is 25.8. The largest absolute Gasteiger partial charge is 0.490 e. The van der Waals surface area contributed by atoms with Crippen molar-refractivity contribution in [2.24, 2.45) is 0 Å². The van der Waals surface area contributed by atoms with E-state index in [1.54, 1.807) is 0 Å². The van der Waals surface area contributed by atoms with Gasteiger partial charge in [-0.2, -0.15) is 13.2 Å². The fourth-order valence-corrected chi connectivity index (χ4v) is 4.89. The van der Waals surface area contributed by atoms with Crippen LogP contribution >= 0.6 is 0 Å². The smallest absolute Gasteiger partial charge is 0.433 e. The van der Waals surface area contributed by atoms with E-state index in [1.807, 2.05) is 30.3 Å². The maximum absolute atomic E-state index is 12.9. The molecule has 3 aromatic rings. The van der Waals surface area contributed by atoms with Gasteiger partial charge in [0, 0.05) is 19.3 Å². The highest BCUT2D eigenvalue weighted by molar-refractivity contribution is 6.06. The molecular formula is C28H29F3N4O2. The Morgan fingerprint density at radius 1 is 1.08 bits per heavy atom. The van der Waals surface area contributed by atoms with Crippen molar-refractivity contribution in [3.05, 3.63) is 83.2 Å². The van der Waals surface area contributed by atoms with Crippen molar-refractivity contribution < 1.29 is 22.7 Å². The molecule has 3 heterocycles. The van der Waals surface area contributed by atoms with Gasteiger partial charge in [0.25, 0.3) is 5.91 Å². The first kappa shape index (κ1) is 25.1. The van der Waals surface area contributed by atoms with E-state index in [-0.39, 0.29) is 11.7 Å². The van der Waals surface area contributed by atoms with Gasteiger partial charge in [-0.15, -0.1) is 0 Å². The summed E-state index contributed by atoms with van der Waals surface area (Å²) in [6.07, 6.45) is 0.536. The highest BCUT2D eigenvalue weighted by atomic mass is 19.4. The molecule has 2 aliphatic heterocycles. The Labute approximate surface area is 213 Å². The van der Waals surface area contributed by atoms with Crippen LogP contribution in [0.5, 0.6) is 5.75 Å². The number of aromatic nitrogens is 1. The molecule has 194 valence electrons. The first-order valence-corrected chi connectivity index (χ1v) is 12.5. The molecule has 0 radical (unpaired) electrons. The lowest BCUT2D eigenvalue weighted by molar-refractivity contribution is -0.141. The van der Waals surface area contributed by atoms with Gasteiger partial charge in [-0.3, -0.25) is 9.78 Å². The highest BCUT2D eigenvalue weighted by Crippen LogP contribution is 2.36. The van der Waals surface area contributed by atoms with Crippen molar-refractivity contribution >= 4 is 17.3 Å². The van der Waals surface area contributed by atoms with Crippen LogP contribution in [0.2, 0.25) is 0 Å². The number of hydrogen-bond donors (Lipinski definition) is 2. The Bertz CT molecular complexity index is 1220. The number of carbonyl (C=O) groups excluding carboxylic acids is 1. The predicted octanol–water partition coefficient (Wildman–Crippen LogP) is 5.44. The fourth-order valence-electron chi connectivity index (χ4n) is 4.89. The minimum atomic E-state index is -4.55. The summed E-state index contributed by atoms with van der Waals surface area (Å²) >= 11 is 0. The second kappa shape index (κ2) is 10.8. The van der Waals surface area contributed by atoms with Gasteiger partial charge in [0.1, 0.15) is 17.5 Å². The number of fused-ring (bicyclic) bond motifs is 1. The van der Waals surface area contributed by atoms with Crippen molar-refractivity contribution in [1.29, 1.82) is 0 Å². The number of carbonyl (C=O) groups is 1. The van der Waals surface area contributed by atoms with Crippen LogP contribution in [0.3, 0.4) is 0 Å². The molecule has 2 aromatic carbocycles. The molecule has 0 spiro atoms. The highest BCUT2D eigenvalue weighted by Gasteiger charge is 2.32. The zero-order valence-corrected chi connectivity index (χ0v) is 20.4. The average molecular weight is 511 g/mol. The van der Waals surface area contributed by atoms with Gasteiger partial charge >= 0.3 is 6.18 Å². The molecule has 5 rings (SSSR count). The monoisotopic (exact) mass is 510 g/mol. The van der Waals surface area contributed by atoms with Crippen LogP contribution in [-0.2, 0) is 19.1 Å². The van der Waals surface area contributed by atoms with Gasteiger partial charge in [0.2, 0.25) is 0 Å². The number of piperidine rings is 1. The van der Waals surface area contributed by atoms with E-state index >= 15 is 0 Å². The van der Waals surface area contributed by atoms with Crippen molar-refractivity contribution in [2.75, 3.05) is 29.9 Å². The Kier molecular flexibility index (Phi) is 7.32. The SMILES string of the molecule is O=C(Nc1cccc2c1N(Cc1ccc(OC3CCNCC3)cc1)CCC2)c1ccc(C(F)(F)F)nc1. The normalized spacial score (nSPS) is 16.2. The molecule has 1 fully saturated rings. The van der Waals surface area contributed by atoms with E-state index in [0.29, 0.717) is 12.2 Å². The number of amides is 1. The number of para-hydroxylation sites is 1. The number of benzene rings is 2. The number of halogens is 3. The topological polar surface area (TPSA) is 66.5 Å². The van der Waals surface area contributed by atoms with Crippen molar-refractivity contribution in [2.45, 2.75) is 44.5 Å². The van der Waals surface area contributed by atoms with Crippen LogP contribution in [0.15, 0.2) is 60.8 Å². The van der Waals surface area contributed by atoms with E-state index in [1.165, 1.54) is 0 Å². The molecule has 2 N–H and O–H groups in total. The third-order valence-corrected chi connectivity index (χ3v) is 6.76. The van der Waals surface area contributed by atoms with Crippen LogP contribution < -0.4 is 20.3 Å². The van der Waals surface area contributed by atoms with Crippen molar-refractivity contribution in [3.63, 3.8) is 0 Å². The Morgan fingerprint density at radius 2 is 1.86 bits per heavy atom. The zero-order valence-electron chi connectivity index (χ0n) is 20.4. The number of aryl methyl sites for hydroxylation is 1. The summed E-state index contributed by atoms with van der Waals surface area (Å²) < 4.78 is 44.6. The minimum Gasteiger partial charge on any atom is -0.490 e. The molecule has 0 unspecified atom stereocenters. The summed E-state index contributed by atoms with van der Waals surface area (Å²) in [6, 6.07) is 15.9. The van der Waals surface area contributed by atoms with Gasteiger partial charge < -0.3 is 20.3 Å². The molecule has 1 saturated heterocycles. The third kappa shape index (κ3) is 6.05. The van der Waals surface area contributed by atoms with Crippen LogP contribution in [0.4, 0.5) is 24.5 Å². The lowest BCUT2D eigenvalue weighted by atomic mass is 9.99. The summed E-state index contributed by atoms with van der Waals surface area (Å²) in [7, 11) is 0. The third-order valence-electron chi connectivity index (χ3n) is 6.76. The standard InChI is InChI=1S/C28H29F3N4O2/c29-28(30,31)25-11-8-21(17-33-25)27(36)34-24-5-1-3-20-4-2-16-35(26(20)24)18-19-6-9-22(10-7-19)37-23-12-14-32-15-13-23/h1,3,5-11,17,23,32H,2,4,12-16,18H2,(H,34,36). The molecule has 6 nitrogen and oxygen atoms in total. The molecular weight excluding hydrogens is 481 g/mol. The second-order valence-electron chi connectivity index (χ2n) is 9.43. The molecule has 0 saturated carbocycles. The maximum atomic E-state index is 12.9. The lowest BCUT2D eigenvalue weighted by Gasteiger charge is -2.33. The maximum Gasteiger partial charge on any atom is 0.433 e. The van der Waals surface area contributed by atoms with Crippen LogP contribution in [0.25, 0.3) is 0 Å². The number of rotatable bonds is 6. The average Bonchev–Trinajstić information content (AvgIpc) is 2.90. The lowest BCUT2D eigenvalue weighted by Crippen LogP contribution is -2.34. The number of nitrogens with zero attached hydrogens (tertiary/aromatic N) is 2. The number of pyridine rings is 1. The first-order chi connectivity index (χ1) is 17.9. The van der Waals surface area contributed by atoms with Crippen LogP contribution in [0, 0.1) is 0 Å². The van der Waals surface area contributed by atoms with Crippen molar-refractivity contribution in [3.8, 4) is 5.75 Å². The number of ether oxygens (including phenoxy) is 1. The molecule has 0 atom stereocenters. The van der Waals surface area contributed by atoms with E-state index < -0.39 is 17.8 Å². The summed E-state index contributed by atoms with van der Waals surface area (Å²) in [5.74, 6) is 0.368. The van der Waals surface area contributed by atoms with E-state index in [2.05, 4.69) is 32.7 Å². The predicted molar refractivity (Wildman–Crippen MR) is 136 cm³/mol. The Morgan fingerprint density at radius 3 is 2.57 bits per heavy atom. The molecule has 9 heteroatoms. The number of nitrogens with one attached hydrogen (secondary N) is 2. The van der Waals surface area contributed by atoms with E-state index in [4.69, 9.17) is 4.74 Å². The second-order valence-corrected chi connectivity index (χ2v) is 9.43. The Hall–Kier alpha value is -3.59. The van der Waals surface area contributed by atoms with Gasteiger partial charge in [0.05, 0.1) is 16.9 Å². The molecule has 37 heavy (non-hydrogen) atoms. The Balaban J connectivity index is 1.30. The van der Waals surface area contributed by atoms with Crippen LogP contribution in [-0.4, -0.2) is 36.6 Å². The van der Waals surface area contributed by atoms with E-state index in [0.717, 1.165) is 86.2 Å². The summed E-state index contributed by atoms with van der Waals surface area (Å²) in [6.45, 7) is 3.45. The fraction of sp³-hybridized carbons (Fsp3) is 0.357. The van der Waals surface area contributed by atoms with Gasteiger partial charge in [-0.1, -0.05) is 24.3 Å². The summed E-state index contributed by atoms with van der Waals surface area (Å²) in [4.78, 5) is 18.5. The first-order valence-electron chi connectivity index (χ1n) is 12.5. The number of anilines is 2. The van der Waals surface area contributed by atoms with Crippen molar-refractivity contribution in [1.82, 2.24) is 10.3 Å². The van der Waals surface area contributed by atoms with Gasteiger partial charge in [-0.05, 0) is 80.2 Å². The molecule has 1 aromatic heterocycles. The van der Waals surface area contributed by atoms with Gasteiger partial charge in [-0.25, -0.2) is 0 Å². The molecule has 0 bridgehead atoms. The minimum absolute atomic E-state index is 0.0669. The van der Waals surface area contributed by atoms with E-state index in [9.17, 15) is 18.0 Å². The molecule has 2 aliphatic rings. The number of alkyl halides is 3. The quantitative estimate of drug-likeness (QED) is 0.463. The van der Waals surface area contributed by atoms with Gasteiger partial charge in [0.15, 0.2) is 0 Å². The van der Waals surface area contributed by atoms with Crippen LogP contribution in [0.1, 0.15) is 46.4 Å². The molecule has 1 amide bonds.